The van der Waals surface area contributed by atoms with Crippen molar-refractivity contribution in [1.82, 2.24) is 10.2 Å². The Balaban J connectivity index is 1.27. The number of nitrogens with zero attached hydrogens (tertiary/aromatic N) is 1. The number of hydrogen-bond acceptors (Lipinski definition) is 3. The highest BCUT2D eigenvalue weighted by atomic mass is 16.5. The van der Waals surface area contributed by atoms with Gasteiger partial charge < -0.3 is 15.0 Å². The van der Waals surface area contributed by atoms with Gasteiger partial charge in [-0.2, -0.15) is 0 Å². The molecule has 1 aromatic rings. The van der Waals surface area contributed by atoms with Crippen molar-refractivity contribution in [2.75, 3.05) is 26.2 Å². The molecule has 0 radical (unpaired) electrons. The lowest BCUT2D eigenvalue weighted by Crippen LogP contribution is -2.66. The van der Waals surface area contributed by atoms with Crippen LogP contribution < -0.4 is 5.32 Å². The fraction of sp³-hybridized carbons (Fsp3) is 0.619. The van der Waals surface area contributed by atoms with Crippen LogP contribution in [-0.2, 0) is 9.53 Å². The molecule has 1 saturated carbocycles. The first-order chi connectivity index (χ1) is 12.6. The lowest BCUT2D eigenvalue weighted by atomic mass is 9.78. The molecule has 1 N–H and O–H groups in total. The average Bonchev–Trinajstić information content (AvgIpc) is 3.29. The standard InChI is InChI=1S/C21H28N2O3/c1-15-3-2-4-17(11-15)20(25)23-13-21(14-23)18(8-10-26-21)7-9-22-19(24)12-16-5-6-16/h2-4,11,16,18H,5-10,12-14H2,1H3,(H,22,24)/t18-/m1/s1. The van der Waals surface area contributed by atoms with E-state index < -0.39 is 0 Å². The molecule has 0 bridgehead atoms. The third kappa shape index (κ3) is 3.63. The van der Waals surface area contributed by atoms with Crippen molar-refractivity contribution in [2.45, 2.75) is 44.6 Å². The largest absolute Gasteiger partial charge is 0.371 e. The molecule has 2 heterocycles. The summed E-state index contributed by atoms with van der Waals surface area (Å²) in [6.45, 7) is 4.81. The number of carbonyl (C=O) groups excluding carboxylic acids is 2. The van der Waals surface area contributed by atoms with Crippen LogP contribution in [0, 0.1) is 18.8 Å². The molecule has 3 aliphatic rings. The van der Waals surface area contributed by atoms with Crippen molar-refractivity contribution >= 4 is 11.8 Å². The van der Waals surface area contributed by atoms with E-state index >= 15 is 0 Å². The van der Waals surface area contributed by atoms with E-state index in [2.05, 4.69) is 5.32 Å². The molecule has 140 valence electrons. The molecule has 0 unspecified atom stereocenters. The van der Waals surface area contributed by atoms with Crippen LogP contribution in [0.25, 0.3) is 0 Å². The molecule has 3 fully saturated rings. The van der Waals surface area contributed by atoms with Crippen molar-refractivity contribution in [3.8, 4) is 0 Å². The molecule has 5 nitrogen and oxygen atoms in total. The number of nitrogens with one attached hydrogen (secondary N) is 1. The first kappa shape index (κ1) is 17.5. The van der Waals surface area contributed by atoms with Crippen molar-refractivity contribution in [2.24, 2.45) is 11.8 Å². The number of aryl methyl sites for hydroxylation is 1. The third-order valence-electron chi connectivity index (χ3n) is 6.06. The summed E-state index contributed by atoms with van der Waals surface area (Å²) in [5, 5.41) is 3.06. The van der Waals surface area contributed by atoms with Gasteiger partial charge in [-0.3, -0.25) is 9.59 Å². The highest BCUT2D eigenvalue weighted by molar-refractivity contribution is 5.95. The summed E-state index contributed by atoms with van der Waals surface area (Å²) in [6, 6.07) is 7.75. The maximum absolute atomic E-state index is 12.7. The molecule has 2 amide bonds. The van der Waals surface area contributed by atoms with E-state index in [1.165, 1.54) is 12.8 Å². The van der Waals surface area contributed by atoms with Gasteiger partial charge in [0, 0.05) is 25.1 Å². The molecule has 5 heteroatoms. The Bertz CT molecular complexity index is 692. The Kier molecular flexibility index (Phi) is 4.74. The van der Waals surface area contributed by atoms with E-state index in [-0.39, 0.29) is 17.4 Å². The van der Waals surface area contributed by atoms with E-state index in [0.29, 0.717) is 37.9 Å². The highest BCUT2D eigenvalue weighted by Gasteiger charge is 2.54. The molecule has 2 saturated heterocycles. The summed E-state index contributed by atoms with van der Waals surface area (Å²) in [5.74, 6) is 1.32. The second-order valence-electron chi connectivity index (χ2n) is 8.22. The molecule has 1 aliphatic carbocycles. The zero-order chi connectivity index (χ0) is 18.1. The number of amides is 2. The van der Waals surface area contributed by atoms with Gasteiger partial charge in [0.15, 0.2) is 0 Å². The van der Waals surface area contributed by atoms with Crippen LogP contribution in [0.2, 0.25) is 0 Å². The van der Waals surface area contributed by atoms with Gasteiger partial charge in [-0.1, -0.05) is 17.7 Å². The number of hydrogen-bond donors (Lipinski definition) is 1. The maximum Gasteiger partial charge on any atom is 0.254 e. The second-order valence-corrected chi connectivity index (χ2v) is 8.22. The van der Waals surface area contributed by atoms with Crippen LogP contribution in [0.1, 0.15) is 48.0 Å². The van der Waals surface area contributed by atoms with Crippen LogP contribution in [0.4, 0.5) is 0 Å². The van der Waals surface area contributed by atoms with Gasteiger partial charge in [-0.25, -0.2) is 0 Å². The quantitative estimate of drug-likeness (QED) is 0.852. The molecular formula is C21H28N2O3. The summed E-state index contributed by atoms with van der Waals surface area (Å²) >= 11 is 0. The normalized spacial score (nSPS) is 23.7. The van der Waals surface area contributed by atoms with E-state index in [0.717, 1.165) is 30.6 Å². The number of benzene rings is 1. The van der Waals surface area contributed by atoms with E-state index in [9.17, 15) is 9.59 Å². The summed E-state index contributed by atoms with van der Waals surface area (Å²) < 4.78 is 6.05. The van der Waals surface area contributed by atoms with Gasteiger partial charge in [-0.15, -0.1) is 0 Å². The summed E-state index contributed by atoms with van der Waals surface area (Å²) in [7, 11) is 0. The van der Waals surface area contributed by atoms with Crippen LogP contribution in [0.15, 0.2) is 24.3 Å². The Hall–Kier alpha value is -1.88. The Morgan fingerprint density at radius 3 is 2.81 bits per heavy atom. The second kappa shape index (κ2) is 7.03. The number of ether oxygens (including phenoxy) is 1. The lowest BCUT2D eigenvalue weighted by Gasteiger charge is -2.50. The monoisotopic (exact) mass is 356 g/mol. The number of rotatable bonds is 6. The van der Waals surface area contributed by atoms with Gasteiger partial charge in [0.05, 0.1) is 13.1 Å². The summed E-state index contributed by atoms with van der Waals surface area (Å²) in [5.41, 5.74) is 1.66. The molecule has 4 rings (SSSR count). The van der Waals surface area contributed by atoms with E-state index in [1.54, 1.807) is 0 Å². The van der Waals surface area contributed by atoms with Gasteiger partial charge in [-0.05, 0) is 56.6 Å². The molecule has 1 spiro atoms. The minimum atomic E-state index is -0.194. The van der Waals surface area contributed by atoms with Gasteiger partial charge >= 0.3 is 0 Å². The minimum Gasteiger partial charge on any atom is -0.371 e. The SMILES string of the molecule is Cc1cccc(C(=O)N2CC3(C2)OCC[C@H]3CCNC(=O)CC2CC2)c1. The van der Waals surface area contributed by atoms with Crippen molar-refractivity contribution in [1.29, 1.82) is 0 Å². The van der Waals surface area contributed by atoms with Gasteiger partial charge in [0.25, 0.3) is 5.91 Å². The Labute approximate surface area is 155 Å². The zero-order valence-corrected chi connectivity index (χ0v) is 15.5. The smallest absolute Gasteiger partial charge is 0.254 e. The predicted octanol–water partition coefficient (Wildman–Crippen LogP) is 2.53. The van der Waals surface area contributed by atoms with Crippen molar-refractivity contribution in [3.63, 3.8) is 0 Å². The van der Waals surface area contributed by atoms with Crippen LogP contribution in [0.5, 0.6) is 0 Å². The van der Waals surface area contributed by atoms with Gasteiger partial charge in [0.2, 0.25) is 5.91 Å². The Morgan fingerprint density at radius 2 is 2.08 bits per heavy atom. The lowest BCUT2D eigenvalue weighted by molar-refractivity contribution is -0.123. The van der Waals surface area contributed by atoms with Crippen LogP contribution in [-0.4, -0.2) is 48.6 Å². The fourth-order valence-electron chi connectivity index (χ4n) is 4.29. The molecule has 1 aromatic carbocycles. The first-order valence-electron chi connectivity index (χ1n) is 9.82. The molecular weight excluding hydrogens is 328 g/mol. The number of carbonyl (C=O) groups is 2. The maximum atomic E-state index is 12.7. The predicted molar refractivity (Wildman–Crippen MR) is 98.8 cm³/mol. The first-order valence-corrected chi connectivity index (χ1v) is 9.82. The van der Waals surface area contributed by atoms with Crippen LogP contribution in [0.3, 0.4) is 0 Å². The molecule has 0 aromatic heterocycles. The molecule has 26 heavy (non-hydrogen) atoms. The zero-order valence-electron chi connectivity index (χ0n) is 15.5. The summed E-state index contributed by atoms with van der Waals surface area (Å²) in [6.07, 6.45) is 5.05. The summed E-state index contributed by atoms with van der Waals surface area (Å²) in [4.78, 5) is 26.4. The van der Waals surface area contributed by atoms with Crippen molar-refractivity contribution < 1.29 is 14.3 Å². The minimum absolute atomic E-state index is 0.0892. The Morgan fingerprint density at radius 1 is 1.27 bits per heavy atom. The fourth-order valence-corrected chi connectivity index (χ4v) is 4.29. The van der Waals surface area contributed by atoms with Crippen LogP contribution >= 0.6 is 0 Å². The number of likely N-dealkylation sites (tertiary alicyclic amines) is 1. The average molecular weight is 356 g/mol. The highest BCUT2D eigenvalue weighted by Crippen LogP contribution is 2.42. The topological polar surface area (TPSA) is 58.6 Å². The molecule has 2 aliphatic heterocycles. The van der Waals surface area contributed by atoms with E-state index in [1.807, 2.05) is 36.1 Å². The molecule has 1 atom stereocenters. The van der Waals surface area contributed by atoms with Gasteiger partial charge in [0.1, 0.15) is 5.60 Å². The van der Waals surface area contributed by atoms with E-state index in [4.69, 9.17) is 4.74 Å². The third-order valence-corrected chi connectivity index (χ3v) is 6.06. The van der Waals surface area contributed by atoms with Crippen molar-refractivity contribution in [3.05, 3.63) is 35.4 Å².